The summed E-state index contributed by atoms with van der Waals surface area (Å²) in [5.41, 5.74) is -1.90. The van der Waals surface area contributed by atoms with E-state index in [1.807, 2.05) is 13.8 Å². The van der Waals surface area contributed by atoms with Crippen LogP contribution in [0.3, 0.4) is 0 Å². The number of carboxylic acid groups (broad SMARTS) is 1. The maximum Gasteiger partial charge on any atom is 0.394 e. The van der Waals surface area contributed by atoms with Gasteiger partial charge in [0, 0.05) is 0 Å². The van der Waals surface area contributed by atoms with Gasteiger partial charge in [0.05, 0.1) is 40.4 Å². The van der Waals surface area contributed by atoms with E-state index in [1.54, 1.807) is 13.8 Å². The van der Waals surface area contributed by atoms with Crippen LogP contribution in [0.2, 0.25) is 0 Å². The lowest BCUT2D eigenvalue weighted by atomic mass is 9.92. The Morgan fingerprint density at radius 1 is 0.682 bits per heavy atom. The minimum atomic E-state index is -3.97. The number of ether oxygens (including phenoxy) is 1. The second kappa shape index (κ2) is 14.7. The van der Waals surface area contributed by atoms with Crippen LogP contribution in [0.25, 0.3) is 0 Å². The van der Waals surface area contributed by atoms with E-state index >= 15 is 0 Å². The van der Waals surface area contributed by atoms with Gasteiger partial charge in [-0.05, 0) is 93.8 Å². The average molecular weight is 632 g/mol. The Bertz CT molecular complexity index is 989. The van der Waals surface area contributed by atoms with Gasteiger partial charge in [0.1, 0.15) is 0 Å². The Balaban J connectivity index is 0.000000276. The molecule has 5 aliphatic rings. The molecular weight excluding hydrogens is 571 g/mol. The predicted molar refractivity (Wildman–Crippen MR) is 166 cm³/mol. The van der Waals surface area contributed by atoms with Crippen LogP contribution in [-0.4, -0.2) is 41.0 Å². The number of aliphatic hydroxyl groups is 1. The highest BCUT2D eigenvalue weighted by atomic mass is 19.4. The first-order valence-corrected chi connectivity index (χ1v) is 16.5. The fraction of sp³-hybridized carbons (Fsp3) is 0.914. The normalized spacial score (nSPS) is 22.8. The van der Waals surface area contributed by atoms with E-state index in [1.165, 1.54) is 7.11 Å². The largest absolute Gasteiger partial charge is 0.481 e. The Labute approximate surface area is 264 Å². The van der Waals surface area contributed by atoms with Crippen LogP contribution >= 0.6 is 0 Å². The van der Waals surface area contributed by atoms with Gasteiger partial charge in [0.2, 0.25) is 0 Å². The quantitative estimate of drug-likeness (QED) is 0.271. The number of carboxylic acids is 1. The Morgan fingerprint density at radius 3 is 1.11 bits per heavy atom. The number of carbonyl (C=O) groups is 2. The number of nitrogens with zero attached hydrogens (tertiary/aromatic N) is 1. The van der Waals surface area contributed by atoms with Crippen LogP contribution in [0.5, 0.6) is 0 Å². The van der Waals surface area contributed by atoms with Gasteiger partial charge in [0.15, 0.2) is 0 Å². The van der Waals surface area contributed by atoms with Crippen LogP contribution in [-0.2, 0) is 14.3 Å². The molecule has 0 heterocycles. The number of carbonyl (C=O) groups excluding carboxylic acids is 1. The molecule has 0 atom stereocenters. The molecular formula is C35H60F3NO5. The predicted octanol–water partition coefficient (Wildman–Crippen LogP) is 9.20. The van der Waals surface area contributed by atoms with Crippen molar-refractivity contribution in [3.63, 3.8) is 0 Å². The fourth-order valence-corrected chi connectivity index (χ4v) is 5.51. The lowest BCUT2D eigenvalue weighted by molar-refractivity contribution is -0.199. The summed E-state index contributed by atoms with van der Waals surface area (Å²) in [5, 5.41) is 26.5. The van der Waals surface area contributed by atoms with Crippen LogP contribution in [0.4, 0.5) is 13.2 Å². The summed E-state index contributed by atoms with van der Waals surface area (Å²) in [4.78, 5) is 21.6. The van der Waals surface area contributed by atoms with E-state index in [0.29, 0.717) is 36.5 Å². The van der Waals surface area contributed by atoms with Crippen LogP contribution in [0.15, 0.2) is 0 Å². The molecule has 44 heavy (non-hydrogen) atoms. The van der Waals surface area contributed by atoms with Crippen molar-refractivity contribution in [2.24, 2.45) is 51.2 Å². The molecule has 256 valence electrons. The van der Waals surface area contributed by atoms with E-state index in [0.717, 1.165) is 51.4 Å². The van der Waals surface area contributed by atoms with E-state index < -0.39 is 17.6 Å². The molecule has 0 aromatic heterocycles. The summed E-state index contributed by atoms with van der Waals surface area (Å²) in [6, 6.07) is 2.35. The molecule has 5 aliphatic carbocycles. The minimum absolute atomic E-state index is 0.0255. The van der Waals surface area contributed by atoms with Crippen molar-refractivity contribution < 1.29 is 37.7 Å². The summed E-state index contributed by atoms with van der Waals surface area (Å²) in [6.07, 6.45) is 4.75. The third-order valence-electron chi connectivity index (χ3n) is 11.2. The summed E-state index contributed by atoms with van der Waals surface area (Å²) in [6.45, 7) is 19.7. The fourth-order valence-electron chi connectivity index (χ4n) is 5.51. The molecule has 0 unspecified atom stereocenters. The van der Waals surface area contributed by atoms with E-state index in [-0.39, 0.29) is 33.7 Å². The lowest BCUT2D eigenvalue weighted by Crippen LogP contribution is -2.29. The minimum Gasteiger partial charge on any atom is -0.481 e. The molecule has 9 heteroatoms. The number of aliphatic carboxylic acids is 1. The van der Waals surface area contributed by atoms with E-state index in [4.69, 9.17) is 15.1 Å². The van der Waals surface area contributed by atoms with Crippen LogP contribution in [0, 0.1) is 62.6 Å². The zero-order valence-electron chi connectivity index (χ0n) is 29.2. The van der Waals surface area contributed by atoms with Gasteiger partial charge in [-0.25, -0.2) is 0 Å². The van der Waals surface area contributed by atoms with Gasteiger partial charge in [-0.3, -0.25) is 9.59 Å². The number of hydrogen-bond acceptors (Lipinski definition) is 5. The smallest absolute Gasteiger partial charge is 0.394 e. The average Bonchev–Trinajstić information content (AvgIpc) is 3.75. The Kier molecular flexibility index (Phi) is 13.5. The number of rotatable bonds is 7. The van der Waals surface area contributed by atoms with Crippen molar-refractivity contribution in [2.75, 3.05) is 7.11 Å². The van der Waals surface area contributed by atoms with Gasteiger partial charge in [-0.2, -0.15) is 18.4 Å². The number of halogens is 3. The van der Waals surface area contributed by atoms with E-state index in [2.05, 4.69) is 47.6 Å². The molecule has 0 aromatic carbocycles. The highest BCUT2D eigenvalue weighted by molar-refractivity contribution is 5.80. The number of methoxy groups -OCH3 is 1. The molecule has 5 fully saturated rings. The third-order valence-corrected chi connectivity index (χ3v) is 11.2. The van der Waals surface area contributed by atoms with Gasteiger partial charge in [-0.15, -0.1) is 0 Å². The zero-order chi connectivity index (χ0) is 34.5. The molecule has 0 amide bonds. The van der Waals surface area contributed by atoms with Crippen molar-refractivity contribution in [1.82, 2.24) is 0 Å². The number of esters is 1. The Morgan fingerprint density at radius 2 is 1.09 bits per heavy atom. The first-order valence-electron chi connectivity index (χ1n) is 16.5. The van der Waals surface area contributed by atoms with Crippen molar-refractivity contribution in [1.29, 1.82) is 5.26 Å². The summed E-state index contributed by atoms with van der Waals surface area (Å²) >= 11 is 0. The van der Waals surface area contributed by atoms with Gasteiger partial charge in [-0.1, -0.05) is 69.2 Å². The summed E-state index contributed by atoms with van der Waals surface area (Å²) in [7, 11) is 1.46. The van der Waals surface area contributed by atoms with Crippen molar-refractivity contribution in [2.45, 2.75) is 145 Å². The molecule has 0 aliphatic heterocycles. The Hall–Kier alpha value is -1.82. The summed E-state index contributed by atoms with van der Waals surface area (Å²) < 4.78 is 41.1. The standard InChI is InChI=1S/C8H14O2.C7H11F3.C7H11N.C7H12O2.C6H12O/c1-6(2)8(4-5-8)7(9)10-3;1-5(2)6(3-4-6)7(8,9)10;1-6(2)7(5-8)3-4-7;1-5(2)7(3-4-7)6(8)9;1-5(2)6(7)3-4-6/h6H,4-5H2,1-3H3;5H,3-4H2,1-2H3;6H,3-4H2,1-2H3;5H,3-4H2,1-2H3,(H,8,9);5,7H,3-4H2,1-2H3. The molecule has 0 saturated heterocycles. The molecule has 0 radical (unpaired) electrons. The van der Waals surface area contributed by atoms with E-state index in [9.17, 15) is 27.9 Å². The monoisotopic (exact) mass is 631 g/mol. The molecule has 5 saturated carbocycles. The molecule has 5 rings (SSSR count). The molecule has 0 spiro atoms. The molecule has 6 nitrogen and oxygen atoms in total. The van der Waals surface area contributed by atoms with Crippen molar-refractivity contribution in [3.05, 3.63) is 0 Å². The molecule has 0 bridgehead atoms. The molecule has 2 N–H and O–H groups in total. The number of hydrogen-bond donors (Lipinski definition) is 2. The number of alkyl halides is 3. The first kappa shape index (κ1) is 40.2. The van der Waals surface area contributed by atoms with Crippen molar-refractivity contribution >= 4 is 11.9 Å². The highest BCUT2D eigenvalue weighted by Gasteiger charge is 2.64. The SMILES string of the molecule is CC(C)C1(C#N)CC1.CC(C)C1(C(=O)O)CC1.CC(C)C1(C(F)(F)F)CC1.CC(C)C1(O)CC1.COC(=O)C1(C(C)C)CC1. The maximum atomic E-state index is 12.1. The summed E-state index contributed by atoms with van der Waals surface area (Å²) in [5.74, 6) is 0.863. The van der Waals surface area contributed by atoms with Crippen LogP contribution in [0.1, 0.15) is 133 Å². The topological polar surface area (TPSA) is 108 Å². The second-order valence-corrected chi connectivity index (χ2v) is 15.4. The van der Waals surface area contributed by atoms with Crippen LogP contribution < -0.4 is 0 Å². The zero-order valence-corrected chi connectivity index (χ0v) is 29.2. The lowest BCUT2D eigenvalue weighted by Gasteiger charge is -2.22. The van der Waals surface area contributed by atoms with Gasteiger partial charge < -0.3 is 14.9 Å². The van der Waals surface area contributed by atoms with Gasteiger partial charge in [0.25, 0.3) is 0 Å². The highest BCUT2D eigenvalue weighted by Crippen LogP contribution is 2.62. The first-order chi connectivity index (χ1) is 20.0. The number of nitriles is 1. The second-order valence-electron chi connectivity index (χ2n) is 15.4. The molecule has 0 aromatic rings. The third kappa shape index (κ3) is 9.84. The van der Waals surface area contributed by atoms with Gasteiger partial charge >= 0.3 is 18.1 Å². The maximum absolute atomic E-state index is 12.1. The van der Waals surface area contributed by atoms with Crippen molar-refractivity contribution in [3.8, 4) is 6.07 Å².